The van der Waals surface area contributed by atoms with Gasteiger partial charge >= 0.3 is 0 Å². The van der Waals surface area contributed by atoms with Crippen molar-refractivity contribution in [2.45, 2.75) is 19.4 Å². The normalized spacial score (nSPS) is 17.6. The number of fused-ring (bicyclic) bond motifs is 1. The Labute approximate surface area is 153 Å². The second kappa shape index (κ2) is 7.33. The van der Waals surface area contributed by atoms with Gasteiger partial charge in [0.25, 0.3) is 0 Å². The number of para-hydroxylation sites is 1. The maximum Gasteiger partial charge on any atom is 0.134 e. The van der Waals surface area contributed by atoms with E-state index in [2.05, 4.69) is 31.9 Å². The Bertz CT molecular complexity index is 846. The van der Waals surface area contributed by atoms with E-state index < -0.39 is 0 Å². The molecule has 0 bridgehead atoms. The van der Waals surface area contributed by atoms with E-state index in [9.17, 15) is 5.11 Å². The van der Waals surface area contributed by atoms with Crippen molar-refractivity contribution in [1.29, 1.82) is 0 Å². The number of rotatable bonds is 5. The summed E-state index contributed by atoms with van der Waals surface area (Å²) in [5.74, 6) is 3.02. The number of anilines is 2. The molecule has 0 amide bonds. The van der Waals surface area contributed by atoms with E-state index in [0.29, 0.717) is 12.5 Å². The monoisotopic (exact) mass is 352 g/mol. The van der Waals surface area contributed by atoms with Gasteiger partial charge in [-0.25, -0.2) is 9.97 Å². The van der Waals surface area contributed by atoms with Gasteiger partial charge in [-0.15, -0.1) is 0 Å². The van der Waals surface area contributed by atoms with Crippen molar-refractivity contribution < 1.29 is 9.52 Å². The molecule has 6 nitrogen and oxygen atoms in total. The first kappa shape index (κ1) is 16.8. The van der Waals surface area contributed by atoms with Crippen molar-refractivity contribution in [3.63, 3.8) is 0 Å². The van der Waals surface area contributed by atoms with Crippen LogP contribution < -0.4 is 9.80 Å². The Morgan fingerprint density at radius 3 is 3.00 bits per heavy atom. The minimum Gasteiger partial charge on any atom is -0.459 e. The van der Waals surface area contributed by atoms with Gasteiger partial charge in [0.1, 0.15) is 29.3 Å². The van der Waals surface area contributed by atoms with Gasteiger partial charge in [-0.05, 0) is 30.9 Å². The summed E-state index contributed by atoms with van der Waals surface area (Å²) in [6, 6.07) is 12.1. The number of aliphatic hydroxyl groups is 1. The Balaban J connectivity index is 1.50. The average Bonchev–Trinajstić information content (AvgIpc) is 3.10. The van der Waals surface area contributed by atoms with Crippen molar-refractivity contribution in [3.05, 3.63) is 48.5 Å². The molecule has 0 spiro atoms. The Morgan fingerprint density at radius 2 is 2.15 bits per heavy atom. The summed E-state index contributed by atoms with van der Waals surface area (Å²) >= 11 is 0. The molecule has 136 valence electrons. The van der Waals surface area contributed by atoms with E-state index in [1.807, 2.05) is 31.3 Å². The highest BCUT2D eigenvalue weighted by molar-refractivity contribution is 5.77. The van der Waals surface area contributed by atoms with Crippen molar-refractivity contribution in [2.24, 2.45) is 5.92 Å². The third-order valence-corrected chi connectivity index (χ3v) is 5.00. The molecule has 1 aliphatic rings. The van der Waals surface area contributed by atoms with Gasteiger partial charge < -0.3 is 19.3 Å². The van der Waals surface area contributed by atoms with E-state index in [1.54, 1.807) is 6.33 Å². The fraction of sp³-hybridized carbons (Fsp3) is 0.400. The summed E-state index contributed by atoms with van der Waals surface area (Å²) < 4.78 is 5.91. The van der Waals surface area contributed by atoms with Crippen molar-refractivity contribution in [3.8, 4) is 0 Å². The van der Waals surface area contributed by atoms with Crippen LogP contribution in [-0.4, -0.2) is 41.8 Å². The summed E-state index contributed by atoms with van der Waals surface area (Å²) in [5.41, 5.74) is 0.905. The molecule has 3 heterocycles. The van der Waals surface area contributed by atoms with E-state index in [0.717, 1.165) is 54.3 Å². The van der Waals surface area contributed by atoms with E-state index in [1.165, 1.54) is 0 Å². The van der Waals surface area contributed by atoms with Crippen LogP contribution in [0.15, 0.2) is 47.1 Å². The third kappa shape index (κ3) is 3.51. The molecule has 0 saturated carbocycles. The van der Waals surface area contributed by atoms with Crippen LogP contribution in [0.25, 0.3) is 11.0 Å². The average molecular weight is 352 g/mol. The minimum absolute atomic E-state index is 0.237. The number of nitrogens with zero attached hydrogens (tertiary/aromatic N) is 4. The zero-order chi connectivity index (χ0) is 17.9. The number of aromatic nitrogens is 2. The first-order chi connectivity index (χ1) is 12.7. The largest absolute Gasteiger partial charge is 0.459 e. The summed E-state index contributed by atoms with van der Waals surface area (Å²) in [6.45, 7) is 2.70. The highest BCUT2D eigenvalue weighted by Crippen LogP contribution is 2.25. The van der Waals surface area contributed by atoms with Crippen molar-refractivity contribution in [1.82, 2.24) is 9.97 Å². The van der Waals surface area contributed by atoms with Crippen LogP contribution in [0, 0.1) is 5.92 Å². The SMILES string of the molecule is CN(Cc1cc2ccccc2o1)c1cc(N2CCCC(CO)C2)ncn1. The molecule has 1 saturated heterocycles. The predicted octanol–water partition coefficient (Wildman–Crippen LogP) is 3.07. The van der Waals surface area contributed by atoms with Gasteiger partial charge in [0, 0.05) is 38.2 Å². The second-order valence-electron chi connectivity index (χ2n) is 6.98. The first-order valence-corrected chi connectivity index (χ1v) is 9.09. The second-order valence-corrected chi connectivity index (χ2v) is 6.98. The molecule has 0 radical (unpaired) electrons. The number of piperidine rings is 1. The zero-order valence-corrected chi connectivity index (χ0v) is 15.0. The zero-order valence-electron chi connectivity index (χ0n) is 15.0. The van der Waals surface area contributed by atoms with E-state index >= 15 is 0 Å². The van der Waals surface area contributed by atoms with Crippen LogP contribution >= 0.6 is 0 Å². The van der Waals surface area contributed by atoms with Gasteiger partial charge in [0.15, 0.2) is 0 Å². The summed E-state index contributed by atoms with van der Waals surface area (Å²) in [4.78, 5) is 13.2. The number of benzene rings is 1. The fourth-order valence-corrected chi connectivity index (χ4v) is 3.57. The molecule has 6 heteroatoms. The van der Waals surface area contributed by atoms with Crippen LogP contribution in [0.1, 0.15) is 18.6 Å². The first-order valence-electron chi connectivity index (χ1n) is 9.09. The highest BCUT2D eigenvalue weighted by Gasteiger charge is 2.21. The van der Waals surface area contributed by atoms with Crippen LogP contribution in [0.3, 0.4) is 0 Å². The molecule has 1 unspecified atom stereocenters. The van der Waals surface area contributed by atoms with Crippen molar-refractivity contribution in [2.75, 3.05) is 36.5 Å². The maximum atomic E-state index is 9.44. The lowest BCUT2D eigenvalue weighted by molar-refractivity contribution is 0.208. The van der Waals surface area contributed by atoms with E-state index in [4.69, 9.17) is 4.42 Å². The Hall–Kier alpha value is -2.60. The standard InChI is InChI=1S/C20H24N4O2/c1-23(12-17-9-16-6-2-3-7-18(16)26-17)19-10-20(22-14-21-19)24-8-4-5-15(11-24)13-25/h2-3,6-7,9-10,14-15,25H,4-5,8,11-13H2,1H3. The maximum absolute atomic E-state index is 9.44. The molecule has 1 N–H and O–H groups in total. The molecule has 1 fully saturated rings. The molecule has 1 atom stereocenters. The van der Waals surface area contributed by atoms with Gasteiger partial charge in [0.2, 0.25) is 0 Å². The molecule has 4 rings (SSSR count). The van der Waals surface area contributed by atoms with Crippen LogP contribution in [0.2, 0.25) is 0 Å². The quantitative estimate of drug-likeness (QED) is 0.761. The topological polar surface area (TPSA) is 65.6 Å². The number of aliphatic hydroxyl groups excluding tert-OH is 1. The van der Waals surface area contributed by atoms with Crippen LogP contribution in [0.4, 0.5) is 11.6 Å². The lowest BCUT2D eigenvalue weighted by atomic mass is 9.99. The smallest absolute Gasteiger partial charge is 0.134 e. The van der Waals surface area contributed by atoms with Gasteiger partial charge in [-0.1, -0.05) is 18.2 Å². The minimum atomic E-state index is 0.237. The molecule has 2 aromatic heterocycles. The Kier molecular flexibility index (Phi) is 4.75. The summed E-state index contributed by atoms with van der Waals surface area (Å²) in [5, 5.41) is 10.6. The molecule has 1 aromatic carbocycles. The van der Waals surface area contributed by atoms with Gasteiger partial charge in [-0.3, -0.25) is 0 Å². The van der Waals surface area contributed by atoms with Crippen LogP contribution in [-0.2, 0) is 6.54 Å². The number of hydrogen-bond donors (Lipinski definition) is 1. The lowest BCUT2D eigenvalue weighted by Crippen LogP contribution is -2.37. The third-order valence-electron chi connectivity index (χ3n) is 5.00. The summed E-state index contributed by atoms with van der Waals surface area (Å²) in [6.07, 6.45) is 3.78. The molecule has 3 aromatic rings. The Morgan fingerprint density at radius 1 is 1.27 bits per heavy atom. The highest BCUT2D eigenvalue weighted by atomic mass is 16.3. The molecular weight excluding hydrogens is 328 g/mol. The van der Waals surface area contributed by atoms with E-state index in [-0.39, 0.29) is 6.61 Å². The predicted molar refractivity (Wildman–Crippen MR) is 102 cm³/mol. The van der Waals surface area contributed by atoms with Gasteiger partial charge in [-0.2, -0.15) is 0 Å². The molecule has 0 aliphatic carbocycles. The molecule has 26 heavy (non-hydrogen) atoms. The van der Waals surface area contributed by atoms with Gasteiger partial charge in [0.05, 0.1) is 6.54 Å². The lowest BCUT2D eigenvalue weighted by Gasteiger charge is -2.33. The number of hydrogen-bond acceptors (Lipinski definition) is 6. The van der Waals surface area contributed by atoms with Crippen molar-refractivity contribution >= 4 is 22.6 Å². The van der Waals surface area contributed by atoms with Crippen LogP contribution in [0.5, 0.6) is 0 Å². The number of furan rings is 1. The summed E-state index contributed by atoms with van der Waals surface area (Å²) in [7, 11) is 2.01. The molecular formula is C20H24N4O2. The fourth-order valence-electron chi connectivity index (χ4n) is 3.57. The molecule has 1 aliphatic heterocycles.